The van der Waals surface area contributed by atoms with Crippen molar-refractivity contribution in [3.63, 3.8) is 0 Å². The monoisotopic (exact) mass is 284 g/mol. The van der Waals surface area contributed by atoms with E-state index in [1.54, 1.807) is 23.7 Å². The fourth-order valence-corrected chi connectivity index (χ4v) is 3.16. The molecule has 0 radical (unpaired) electrons. The lowest BCUT2D eigenvalue weighted by Gasteiger charge is -2.08. The van der Waals surface area contributed by atoms with Gasteiger partial charge in [0.1, 0.15) is 16.5 Å². The number of aryl methyl sites for hydroxylation is 3. The summed E-state index contributed by atoms with van der Waals surface area (Å²) in [4.78, 5) is 15.7. The predicted octanol–water partition coefficient (Wildman–Crippen LogP) is 4.01. The lowest BCUT2D eigenvalue weighted by atomic mass is 10.2. The van der Waals surface area contributed by atoms with E-state index in [2.05, 4.69) is 41.0 Å². The molecule has 4 nitrogen and oxygen atoms in total. The first-order valence-corrected chi connectivity index (χ1v) is 7.44. The van der Waals surface area contributed by atoms with Gasteiger partial charge in [-0.15, -0.1) is 11.3 Å². The van der Waals surface area contributed by atoms with E-state index in [4.69, 9.17) is 0 Å². The Morgan fingerprint density at radius 3 is 2.80 bits per heavy atom. The molecule has 0 aliphatic heterocycles. The maximum absolute atomic E-state index is 4.65. The first kappa shape index (κ1) is 13.0. The lowest BCUT2D eigenvalue weighted by Crippen LogP contribution is -2.00. The molecule has 0 aromatic carbocycles. The minimum absolute atomic E-state index is 0.827. The van der Waals surface area contributed by atoms with Crippen molar-refractivity contribution in [2.45, 2.75) is 27.2 Å². The number of rotatable bonds is 3. The number of hydrogen-bond acceptors (Lipinski definition) is 5. The van der Waals surface area contributed by atoms with Crippen molar-refractivity contribution in [1.29, 1.82) is 0 Å². The molecule has 0 aliphatic carbocycles. The van der Waals surface area contributed by atoms with Crippen LogP contribution in [0.5, 0.6) is 0 Å². The van der Waals surface area contributed by atoms with Crippen molar-refractivity contribution >= 4 is 33.1 Å². The van der Waals surface area contributed by atoms with Crippen molar-refractivity contribution in [3.05, 3.63) is 40.8 Å². The number of nitrogens with one attached hydrogen (secondary N) is 1. The van der Waals surface area contributed by atoms with Gasteiger partial charge in [0.25, 0.3) is 0 Å². The van der Waals surface area contributed by atoms with E-state index < -0.39 is 0 Å². The normalized spacial score (nSPS) is 10.9. The van der Waals surface area contributed by atoms with Crippen LogP contribution in [0.15, 0.2) is 24.5 Å². The highest BCUT2D eigenvalue weighted by atomic mass is 32.1. The number of hydrogen-bond donors (Lipinski definition) is 1. The molecule has 0 saturated carbocycles. The first-order chi connectivity index (χ1) is 9.69. The van der Waals surface area contributed by atoms with Gasteiger partial charge in [-0.25, -0.2) is 9.97 Å². The molecule has 0 fully saturated rings. The molecular formula is C15H16N4S. The van der Waals surface area contributed by atoms with Gasteiger partial charge in [-0.3, -0.25) is 4.98 Å². The number of pyridine rings is 1. The third kappa shape index (κ3) is 2.25. The van der Waals surface area contributed by atoms with Crippen LogP contribution in [0.25, 0.3) is 10.2 Å². The molecule has 0 saturated heterocycles. The fraction of sp³-hybridized carbons (Fsp3) is 0.267. The van der Waals surface area contributed by atoms with Crippen molar-refractivity contribution in [2.24, 2.45) is 0 Å². The molecular weight excluding hydrogens is 268 g/mol. The van der Waals surface area contributed by atoms with Crippen LogP contribution < -0.4 is 5.32 Å². The molecule has 0 spiro atoms. The van der Waals surface area contributed by atoms with Gasteiger partial charge in [-0.05, 0) is 31.5 Å². The topological polar surface area (TPSA) is 50.7 Å². The largest absolute Gasteiger partial charge is 0.338 e. The van der Waals surface area contributed by atoms with Crippen LogP contribution in [0.1, 0.15) is 23.2 Å². The summed E-state index contributed by atoms with van der Waals surface area (Å²) in [5.41, 5.74) is 2.19. The standard InChI is InChI=1S/C15H16N4S/c1-4-12-18-14(17-11-6-5-7-16-8-11)13-9(2)10(3)20-15(13)19-12/h5-8H,4H2,1-3H3,(H,17,18,19). The van der Waals surface area contributed by atoms with Crippen LogP contribution in [-0.2, 0) is 6.42 Å². The quantitative estimate of drug-likeness (QED) is 0.789. The van der Waals surface area contributed by atoms with Gasteiger partial charge in [0, 0.05) is 17.5 Å². The number of aromatic nitrogens is 3. The summed E-state index contributed by atoms with van der Waals surface area (Å²) in [5, 5.41) is 4.49. The van der Waals surface area contributed by atoms with E-state index >= 15 is 0 Å². The first-order valence-electron chi connectivity index (χ1n) is 6.62. The third-order valence-corrected chi connectivity index (χ3v) is 4.42. The average Bonchev–Trinajstić information content (AvgIpc) is 2.75. The Hall–Kier alpha value is -2.01. The van der Waals surface area contributed by atoms with Crippen LogP contribution in [0.3, 0.4) is 0 Å². The second-order valence-corrected chi connectivity index (χ2v) is 5.88. The summed E-state index contributed by atoms with van der Waals surface area (Å²) < 4.78 is 0. The highest BCUT2D eigenvalue weighted by molar-refractivity contribution is 7.18. The van der Waals surface area contributed by atoms with E-state index in [9.17, 15) is 0 Å². The summed E-state index contributed by atoms with van der Waals surface area (Å²) in [6, 6.07) is 3.90. The molecule has 20 heavy (non-hydrogen) atoms. The summed E-state index contributed by atoms with van der Waals surface area (Å²) in [5.74, 6) is 1.74. The molecule has 102 valence electrons. The minimum atomic E-state index is 0.827. The van der Waals surface area contributed by atoms with Crippen molar-refractivity contribution < 1.29 is 0 Å². The maximum atomic E-state index is 4.65. The molecule has 1 N–H and O–H groups in total. The zero-order valence-electron chi connectivity index (χ0n) is 11.8. The summed E-state index contributed by atoms with van der Waals surface area (Å²) in [6.07, 6.45) is 4.39. The Labute approximate surface area is 121 Å². The van der Waals surface area contributed by atoms with Crippen LogP contribution in [0.4, 0.5) is 11.5 Å². The molecule has 0 unspecified atom stereocenters. The summed E-state index contributed by atoms with van der Waals surface area (Å²) in [6.45, 7) is 6.32. The van der Waals surface area contributed by atoms with Crippen LogP contribution in [0.2, 0.25) is 0 Å². The van der Waals surface area contributed by atoms with Crippen LogP contribution in [0, 0.1) is 13.8 Å². The van der Waals surface area contributed by atoms with E-state index in [0.29, 0.717) is 0 Å². The molecule has 3 aromatic rings. The van der Waals surface area contributed by atoms with Gasteiger partial charge in [-0.1, -0.05) is 6.92 Å². The molecule has 0 bridgehead atoms. The van der Waals surface area contributed by atoms with Gasteiger partial charge >= 0.3 is 0 Å². The Morgan fingerprint density at radius 1 is 1.25 bits per heavy atom. The Kier molecular flexibility index (Phi) is 3.36. The van der Waals surface area contributed by atoms with E-state index in [1.807, 2.05) is 12.1 Å². The third-order valence-electron chi connectivity index (χ3n) is 3.32. The summed E-state index contributed by atoms with van der Waals surface area (Å²) in [7, 11) is 0. The van der Waals surface area contributed by atoms with Crippen LogP contribution in [-0.4, -0.2) is 15.0 Å². The SMILES string of the molecule is CCc1nc(Nc2cccnc2)c2c(C)c(C)sc2n1. The zero-order chi connectivity index (χ0) is 14.1. The van der Waals surface area contributed by atoms with Gasteiger partial charge < -0.3 is 5.32 Å². The van der Waals surface area contributed by atoms with Gasteiger partial charge in [0.05, 0.1) is 17.3 Å². The molecule has 0 amide bonds. The lowest BCUT2D eigenvalue weighted by molar-refractivity contribution is 0.966. The average molecular weight is 284 g/mol. The van der Waals surface area contributed by atoms with Crippen molar-refractivity contribution in [2.75, 3.05) is 5.32 Å². The molecule has 3 aromatic heterocycles. The smallest absolute Gasteiger partial charge is 0.143 e. The Bertz CT molecular complexity index is 749. The number of fused-ring (bicyclic) bond motifs is 1. The second-order valence-electron chi connectivity index (χ2n) is 4.67. The van der Waals surface area contributed by atoms with E-state index in [0.717, 1.165) is 34.0 Å². The van der Waals surface area contributed by atoms with Gasteiger partial charge in [-0.2, -0.15) is 0 Å². The summed E-state index contributed by atoms with van der Waals surface area (Å²) >= 11 is 1.73. The minimum Gasteiger partial charge on any atom is -0.338 e. The second kappa shape index (κ2) is 5.17. The maximum Gasteiger partial charge on any atom is 0.143 e. The number of nitrogens with zero attached hydrogens (tertiary/aromatic N) is 3. The molecule has 3 rings (SSSR count). The van der Waals surface area contributed by atoms with Gasteiger partial charge in [0.2, 0.25) is 0 Å². The number of thiophene rings is 1. The van der Waals surface area contributed by atoms with Crippen molar-refractivity contribution in [1.82, 2.24) is 15.0 Å². The molecule has 3 heterocycles. The predicted molar refractivity (Wildman–Crippen MR) is 83.8 cm³/mol. The highest BCUT2D eigenvalue weighted by Gasteiger charge is 2.14. The number of anilines is 2. The molecule has 0 atom stereocenters. The highest BCUT2D eigenvalue weighted by Crippen LogP contribution is 2.34. The van der Waals surface area contributed by atoms with Crippen molar-refractivity contribution in [3.8, 4) is 0 Å². The van der Waals surface area contributed by atoms with Crippen LogP contribution >= 0.6 is 11.3 Å². The van der Waals surface area contributed by atoms with E-state index in [-0.39, 0.29) is 0 Å². The van der Waals surface area contributed by atoms with E-state index in [1.165, 1.54) is 10.4 Å². The zero-order valence-corrected chi connectivity index (χ0v) is 12.6. The fourth-order valence-electron chi connectivity index (χ4n) is 2.12. The Balaban J connectivity index is 2.17. The Morgan fingerprint density at radius 2 is 2.10 bits per heavy atom. The molecule has 0 aliphatic rings. The molecule has 5 heteroatoms. The van der Waals surface area contributed by atoms with Gasteiger partial charge in [0.15, 0.2) is 0 Å².